The summed E-state index contributed by atoms with van der Waals surface area (Å²) in [6, 6.07) is 8.64. The van der Waals surface area contributed by atoms with E-state index in [0.717, 1.165) is 57.4 Å². The summed E-state index contributed by atoms with van der Waals surface area (Å²) in [6.45, 7) is 5.28. The van der Waals surface area contributed by atoms with Crippen LogP contribution < -0.4 is 0 Å². The van der Waals surface area contributed by atoms with Crippen molar-refractivity contribution in [2.24, 2.45) is 0 Å². The average molecular weight is 399 g/mol. The van der Waals surface area contributed by atoms with Gasteiger partial charge in [-0.15, -0.1) is 0 Å². The molecule has 0 atom stereocenters. The standard InChI is InChI=1S/C23H30N2O4/c1-2-29-22(28)25-11-7-17(8-12-25)24-13-9-23(10-14-24)15-19(21(27)16-26)18-5-3-4-6-20(18)23/h3-6,15,17,26H,2,7-14,16H2,1H3. The van der Waals surface area contributed by atoms with E-state index in [9.17, 15) is 14.7 Å². The Hall–Kier alpha value is -2.18. The fraction of sp³-hybridized carbons (Fsp3) is 0.565. The lowest BCUT2D eigenvalue weighted by molar-refractivity contribution is -0.116. The molecule has 3 aliphatic rings. The Kier molecular flexibility index (Phi) is 5.74. The smallest absolute Gasteiger partial charge is 0.409 e. The van der Waals surface area contributed by atoms with Gasteiger partial charge >= 0.3 is 6.09 Å². The molecule has 1 spiro atoms. The number of hydrogen-bond acceptors (Lipinski definition) is 5. The Morgan fingerprint density at radius 3 is 2.48 bits per heavy atom. The van der Waals surface area contributed by atoms with Gasteiger partial charge in [-0.2, -0.15) is 0 Å². The van der Waals surface area contributed by atoms with E-state index in [1.165, 1.54) is 5.56 Å². The molecule has 0 radical (unpaired) electrons. The van der Waals surface area contributed by atoms with Crippen molar-refractivity contribution in [3.8, 4) is 0 Å². The average Bonchev–Trinajstić information content (AvgIpc) is 3.08. The summed E-state index contributed by atoms with van der Waals surface area (Å²) in [6.07, 6.45) is 5.84. The van der Waals surface area contributed by atoms with E-state index < -0.39 is 6.61 Å². The molecule has 1 aromatic carbocycles. The quantitative estimate of drug-likeness (QED) is 0.844. The number of carbonyl (C=O) groups excluding carboxylic acids is 2. The van der Waals surface area contributed by atoms with Gasteiger partial charge in [-0.1, -0.05) is 30.3 Å². The molecule has 0 aromatic heterocycles. The van der Waals surface area contributed by atoms with Crippen LogP contribution in [0.15, 0.2) is 30.3 Å². The number of amides is 1. The normalized spacial score (nSPS) is 21.7. The van der Waals surface area contributed by atoms with Crippen LogP contribution in [-0.4, -0.2) is 72.2 Å². The monoisotopic (exact) mass is 398 g/mol. The number of Topliss-reactive ketones (excluding diaryl/α,β-unsaturated/α-hetero) is 1. The molecule has 4 rings (SSSR count). The highest BCUT2D eigenvalue weighted by Gasteiger charge is 2.43. The third-order valence-corrected chi connectivity index (χ3v) is 6.82. The molecule has 1 amide bonds. The van der Waals surface area contributed by atoms with E-state index >= 15 is 0 Å². The van der Waals surface area contributed by atoms with Crippen LogP contribution in [0.1, 0.15) is 43.7 Å². The van der Waals surface area contributed by atoms with Crippen molar-refractivity contribution in [3.63, 3.8) is 0 Å². The number of likely N-dealkylation sites (tertiary alicyclic amines) is 2. The van der Waals surface area contributed by atoms with Gasteiger partial charge in [0.15, 0.2) is 5.78 Å². The molecule has 156 valence electrons. The van der Waals surface area contributed by atoms with Gasteiger partial charge in [-0.25, -0.2) is 4.79 Å². The second-order valence-electron chi connectivity index (χ2n) is 8.29. The third-order valence-electron chi connectivity index (χ3n) is 6.82. The molecular formula is C23H30N2O4. The molecule has 1 aliphatic carbocycles. The van der Waals surface area contributed by atoms with Gasteiger partial charge in [0.1, 0.15) is 6.61 Å². The Morgan fingerprint density at radius 1 is 1.14 bits per heavy atom. The summed E-state index contributed by atoms with van der Waals surface area (Å²) >= 11 is 0. The second-order valence-corrected chi connectivity index (χ2v) is 8.29. The lowest BCUT2D eigenvalue weighted by Gasteiger charge is -2.44. The number of hydrogen-bond donors (Lipinski definition) is 1. The molecule has 2 saturated heterocycles. The van der Waals surface area contributed by atoms with Crippen LogP contribution in [-0.2, 0) is 14.9 Å². The van der Waals surface area contributed by atoms with Crippen molar-refractivity contribution in [3.05, 3.63) is 41.5 Å². The molecule has 2 fully saturated rings. The largest absolute Gasteiger partial charge is 0.450 e. The fourth-order valence-electron chi connectivity index (χ4n) is 5.23. The number of piperidine rings is 2. The van der Waals surface area contributed by atoms with E-state index in [4.69, 9.17) is 4.74 Å². The maximum atomic E-state index is 12.3. The molecule has 2 heterocycles. The SMILES string of the molecule is CCOC(=O)N1CCC(N2CCC3(C=C(C(=O)CO)c4ccccc43)CC2)CC1. The van der Waals surface area contributed by atoms with Crippen LogP contribution in [0.3, 0.4) is 0 Å². The number of aliphatic hydroxyl groups excluding tert-OH is 1. The van der Waals surface area contributed by atoms with E-state index in [1.54, 1.807) is 0 Å². The molecule has 0 bridgehead atoms. The highest BCUT2D eigenvalue weighted by Crippen LogP contribution is 2.47. The van der Waals surface area contributed by atoms with Gasteiger partial charge in [-0.05, 0) is 56.8 Å². The summed E-state index contributed by atoms with van der Waals surface area (Å²) in [5.41, 5.74) is 2.80. The zero-order valence-corrected chi connectivity index (χ0v) is 17.1. The zero-order valence-electron chi connectivity index (χ0n) is 17.1. The molecule has 6 nitrogen and oxygen atoms in total. The van der Waals surface area contributed by atoms with Crippen LogP contribution in [0.25, 0.3) is 5.57 Å². The van der Waals surface area contributed by atoms with Gasteiger partial charge in [0.2, 0.25) is 0 Å². The summed E-state index contributed by atoms with van der Waals surface area (Å²) in [5, 5.41) is 9.38. The summed E-state index contributed by atoms with van der Waals surface area (Å²) in [5.74, 6) is -0.192. The van der Waals surface area contributed by atoms with E-state index in [0.29, 0.717) is 18.2 Å². The lowest BCUT2D eigenvalue weighted by atomic mass is 9.74. The third kappa shape index (κ3) is 3.71. The van der Waals surface area contributed by atoms with Gasteiger partial charge in [0, 0.05) is 30.1 Å². The van der Waals surface area contributed by atoms with Crippen molar-refractivity contribution in [2.45, 2.75) is 44.1 Å². The number of fused-ring (bicyclic) bond motifs is 2. The first-order valence-corrected chi connectivity index (χ1v) is 10.7. The summed E-state index contributed by atoms with van der Waals surface area (Å²) < 4.78 is 5.12. The number of aliphatic hydroxyl groups is 1. The van der Waals surface area contributed by atoms with Gasteiger partial charge in [0.05, 0.1) is 6.61 Å². The Balaban J connectivity index is 1.42. The number of benzene rings is 1. The first-order valence-electron chi connectivity index (χ1n) is 10.7. The van der Waals surface area contributed by atoms with Crippen molar-refractivity contribution >= 4 is 17.4 Å². The molecule has 6 heteroatoms. The maximum absolute atomic E-state index is 12.3. The van der Waals surface area contributed by atoms with Crippen molar-refractivity contribution in [1.82, 2.24) is 9.80 Å². The van der Waals surface area contributed by atoms with Gasteiger partial charge in [-0.3, -0.25) is 4.79 Å². The van der Waals surface area contributed by atoms with Crippen molar-refractivity contribution in [2.75, 3.05) is 39.4 Å². The topological polar surface area (TPSA) is 70.1 Å². The highest BCUT2D eigenvalue weighted by atomic mass is 16.6. The number of allylic oxidation sites excluding steroid dienone is 1. The van der Waals surface area contributed by atoms with Crippen LogP contribution >= 0.6 is 0 Å². The van der Waals surface area contributed by atoms with E-state index in [-0.39, 0.29) is 17.3 Å². The number of carbonyl (C=O) groups is 2. The Bertz CT molecular complexity index is 803. The Labute approximate surface area is 172 Å². The molecule has 0 saturated carbocycles. The first kappa shape index (κ1) is 20.1. The molecule has 1 aromatic rings. The molecule has 2 aliphatic heterocycles. The first-order chi connectivity index (χ1) is 14.1. The van der Waals surface area contributed by atoms with Gasteiger partial charge < -0.3 is 19.6 Å². The minimum absolute atomic E-state index is 0.0983. The van der Waals surface area contributed by atoms with E-state index in [1.807, 2.05) is 30.0 Å². The molecule has 1 N–H and O–H groups in total. The zero-order chi connectivity index (χ0) is 20.4. The van der Waals surface area contributed by atoms with Crippen LogP contribution in [0.2, 0.25) is 0 Å². The summed E-state index contributed by atoms with van der Waals surface area (Å²) in [7, 11) is 0. The Morgan fingerprint density at radius 2 is 1.83 bits per heavy atom. The highest BCUT2D eigenvalue weighted by molar-refractivity contribution is 6.23. The van der Waals surface area contributed by atoms with Crippen LogP contribution in [0.4, 0.5) is 4.79 Å². The maximum Gasteiger partial charge on any atom is 0.409 e. The predicted octanol–water partition coefficient (Wildman–Crippen LogP) is 2.60. The molecule has 0 unspecified atom stereocenters. The second kappa shape index (κ2) is 8.28. The number of rotatable bonds is 4. The van der Waals surface area contributed by atoms with Crippen LogP contribution in [0.5, 0.6) is 0 Å². The lowest BCUT2D eigenvalue weighted by Crippen LogP contribution is -2.51. The number of ether oxygens (including phenoxy) is 1. The minimum atomic E-state index is -0.443. The van der Waals surface area contributed by atoms with Crippen molar-refractivity contribution < 1.29 is 19.4 Å². The van der Waals surface area contributed by atoms with Gasteiger partial charge in [0.25, 0.3) is 0 Å². The summed E-state index contributed by atoms with van der Waals surface area (Å²) in [4.78, 5) is 28.6. The van der Waals surface area contributed by atoms with Crippen molar-refractivity contribution in [1.29, 1.82) is 0 Å². The molecular weight excluding hydrogens is 368 g/mol. The number of nitrogens with zero attached hydrogens (tertiary/aromatic N) is 2. The number of ketones is 1. The van der Waals surface area contributed by atoms with E-state index in [2.05, 4.69) is 17.0 Å². The van der Waals surface area contributed by atoms with Crippen LogP contribution in [0, 0.1) is 0 Å². The molecule has 29 heavy (non-hydrogen) atoms. The fourth-order valence-corrected chi connectivity index (χ4v) is 5.23. The predicted molar refractivity (Wildman–Crippen MR) is 111 cm³/mol. The minimum Gasteiger partial charge on any atom is -0.450 e.